The van der Waals surface area contributed by atoms with Crippen LogP contribution in [0.1, 0.15) is 22.2 Å². The summed E-state index contributed by atoms with van der Waals surface area (Å²) in [6.07, 6.45) is 0.885. The molecule has 1 amide bonds. The van der Waals surface area contributed by atoms with Crippen LogP contribution in [0.3, 0.4) is 0 Å². The van der Waals surface area contributed by atoms with Crippen molar-refractivity contribution in [3.05, 3.63) is 46.2 Å². The number of hydrogen-bond donors (Lipinski definition) is 2. The molecule has 4 heteroatoms. The van der Waals surface area contributed by atoms with Gasteiger partial charge in [-0.15, -0.1) is 11.3 Å². The van der Waals surface area contributed by atoms with Crippen molar-refractivity contribution < 1.29 is 4.79 Å². The topological polar surface area (TPSA) is 55.1 Å². The van der Waals surface area contributed by atoms with Gasteiger partial charge >= 0.3 is 0 Å². The third-order valence-corrected chi connectivity index (χ3v) is 3.48. The number of amides is 1. The first-order valence-corrected chi connectivity index (χ1v) is 6.32. The van der Waals surface area contributed by atoms with Crippen molar-refractivity contribution in [1.29, 1.82) is 0 Å². The molecule has 0 unspecified atom stereocenters. The van der Waals surface area contributed by atoms with Crippen molar-refractivity contribution in [2.24, 2.45) is 0 Å². The van der Waals surface area contributed by atoms with Crippen molar-refractivity contribution in [3.63, 3.8) is 0 Å². The Labute approximate surface area is 104 Å². The van der Waals surface area contributed by atoms with Gasteiger partial charge in [0.15, 0.2) is 0 Å². The van der Waals surface area contributed by atoms with Crippen molar-refractivity contribution >= 4 is 28.6 Å². The summed E-state index contributed by atoms with van der Waals surface area (Å²) in [5.41, 5.74) is 8.22. The number of anilines is 2. The number of carbonyl (C=O) groups excluding carboxylic acids is 1. The molecule has 88 valence electrons. The largest absolute Gasteiger partial charge is 0.397 e. The highest BCUT2D eigenvalue weighted by Crippen LogP contribution is 2.22. The zero-order valence-electron chi connectivity index (χ0n) is 9.57. The summed E-state index contributed by atoms with van der Waals surface area (Å²) in [4.78, 5) is 12.5. The number of thiophene rings is 1. The molecule has 0 saturated carbocycles. The Morgan fingerprint density at radius 2 is 2.12 bits per heavy atom. The fourth-order valence-electron chi connectivity index (χ4n) is 1.63. The minimum atomic E-state index is -0.140. The van der Waals surface area contributed by atoms with Gasteiger partial charge in [-0.1, -0.05) is 25.1 Å². The van der Waals surface area contributed by atoms with Gasteiger partial charge in [0.05, 0.1) is 5.69 Å². The Morgan fingerprint density at radius 1 is 1.35 bits per heavy atom. The second-order valence-corrected chi connectivity index (χ2v) is 4.59. The summed E-state index contributed by atoms with van der Waals surface area (Å²) in [7, 11) is 0. The fraction of sp³-hybridized carbons (Fsp3) is 0.154. The zero-order chi connectivity index (χ0) is 12.3. The Morgan fingerprint density at radius 3 is 2.76 bits per heavy atom. The van der Waals surface area contributed by atoms with Gasteiger partial charge in [0.2, 0.25) is 0 Å². The summed E-state index contributed by atoms with van der Waals surface area (Å²) in [5.74, 6) is -0.140. The van der Waals surface area contributed by atoms with Crippen LogP contribution in [0.15, 0.2) is 35.7 Å². The number of benzene rings is 1. The maximum Gasteiger partial charge on any atom is 0.267 e. The molecule has 1 aromatic heterocycles. The SMILES string of the molecule is CCc1ccccc1NC(=O)c1sccc1N. The minimum Gasteiger partial charge on any atom is -0.397 e. The predicted octanol–water partition coefficient (Wildman–Crippen LogP) is 3.15. The first-order chi connectivity index (χ1) is 8.22. The van der Waals surface area contributed by atoms with E-state index in [1.165, 1.54) is 11.3 Å². The molecule has 0 aliphatic rings. The zero-order valence-corrected chi connectivity index (χ0v) is 10.4. The number of nitrogen functional groups attached to an aromatic ring is 1. The predicted molar refractivity (Wildman–Crippen MR) is 72.5 cm³/mol. The molecule has 0 aliphatic heterocycles. The molecule has 0 atom stereocenters. The van der Waals surface area contributed by atoms with E-state index in [-0.39, 0.29) is 5.91 Å². The molecular formula is C13H14N2OS. The van der Waals surface area contributed by atoms with E-state index < -0.39 is 0 Å². The van der Waals surface area contributed by atoms with Crippen LogP contribution in [0.5, 0.6) is 0 Å². The molecular weight excluding hydrogens is 232 g/mol. The summed E-state index contributed by atoms with van der Waals surface area (Å²) in [6.45, 7) is 2.06. The van der Waals surface area contributed by atoms with Gasteiger partial charge in [-0.2, -0.15) is 0 Å². The average Bonchev–Trinajstić information content (AvgIpc) is 2.76. The second kappa shape index (κ2) is 5.01. The Balaban J connectivity index is 2.22. The second-order valence-electron chi connectivity index (χ2n) is 3.67. The molecule has 3 nitrogen and oxygen atoms in total. The average molecular weight is 246 g/mol. The smallest absolute Gasteiger partial charge is 0.267 e. The van der Waals surface area contributed by atoms with E-state index in [4.69, 9.17) is 5.73 Å². The maximum atomic E-state index is 12.0. The molecule has 0 aliphatic carbocycles. The van der Waals surface area contributed by atoms with Gasteiger partial charge in [-0.05, 0) is 29.5 Å². The minimum absolute atomic E-state index is 0.140. The van der Waals surface area contributed by atoms with Crippen molar-refractivity contribution in [2.75, 3.05) is 11.1 Å². The van der Waals surface area contributed by atoms with Gasteiger partial charge in [-0.25, -0.2) is 0 Å². The van der Waals surface area contributed by atoms with Gasteiger partial charge in [-0.3, -0.25) is 4.79 Å². The lowest BCUT2D eigenvalue weighted by Crippen LogP contribution is -2.13. The maximum absolute atomic E-state index is 12.0. The Hall–Kier alpha value is -1.81. The summed E-state index contributed by atoms with van der Waals surface area (Å²) < 4.78 is 0. The lowest BCUT2D eigenvalue weighted by molar-refractivity contribution is 0.103. The highest BCUT2D eigenvalue weighted by Gasteiger charge is 2.12. The van der Waals surface area contributed by atoms with E-state index in [1.807, 2.05) is 29.6 Å². The first-order valence-electron chi connectivity index (χ1n) is 5.44. The van der Waals surface area contributed by atoms with E-state index in [1.54, 1.807) is 6.07 Å². The molecule has 0 radical (unpaired) electrons. The number of hydrogen-bond acceptors (Lipinski definition) is 3. The molecule has 3 N–H and O–H groups in total. The third-order valence-electron chi connectivity index (χ3n) is 2.55. The number of aryl methyl sites for hydroxylation is 1. The van der Waals surface area contributed by atoms with Gasteiger partial charge in [0.1, 0.15) is 4.88 Å². The van der Waals surface area contributed by atoms with Gasteiger partial charge in [0.25, 0.3) is 5.91 Å². The summed E-state index contributed by atoms with van der Waals surface area (Å²) >= 11 is 1.35. The molecule has 0 saturated heterocycles. The van der Waals surface area contributed by atoms with Crippen molar-refractivity contribution in [2.45, 2.75) is 13.3 Å². The molecule has 0 bridgehead atoms. The van der Waals surface area contributed by atoms with Crippen LogP contribution in [0.4, 0.5) is 11.4 Å². The summed E-state index contributed by atoms with van der Waals surface area (Å²) in [6, 6.07) is 9.53. The van der Waals surface area contributed by atoms with Crippen molar-refractivity contribution in [1.82, 2.24) is 0 Å². The van der Waals surface area contributed by atoms with E-state index in [0.29, 0.717) is 10.6 Å². The molecule has 2 rings (SSSR count). The number of rotatable bonds is 3. The van der Waals surface area contributed by atoms with Crippen LogP contribution in [-0.4, -0.2) is 5.91 Å². The molecule has 1 aromatic carbocycles. The van der Waals surface area contributed by atoms with E-state index in [0.717, 1.165) is 17.7 Å². The molecule has 0 fully saturated rings. The van der Waals surface area contributed by atoms with E-state index >= 15 is 0 Å². The van der Waals surface area contributed by atoms with Crippen LogP contribution in [-0.2, 0) is 6.42 Å². The molecule has 17 heavy (non-hydrogen) atoms. The van der Waals surface area contributed by atoms with Crippen LogP contribution in [0.25, 0.3) is 0 Å². The first kappa shape index (κ1) is 11.7. The summed E-state index contributed by atoms with van der Waals surface area (Å²) in [5, 5.41) is 4.71. The normalized spacial score (nSPS) is 10.2. The van der Waals surface area contributed by atoms with Crippen LogP contribution in [0.2, 0.25) is 0 Å². The molecule has 0 spiro atoms. The number of nitrogens with two attached hydrogens (primary N) is 1. The lowest BCUT2D eigenvalue weighted by atomic mass is 10.1. The number of para-hydroxylation sites is 1. The standard InChI is InChI=1S/C13H14N2OS/c1-2-9-5-3-4-6-11(9)15-13(16)12-10(14)7-8-17-12/h3-8H,2,14H2,1H3,(H,15,16). The Kier molecular flexibility index (Phi) is 3.44. The quantitative estimate of drug-likeness (QED) is 0.874. The Bertz CT molecular complexity index is 534. The fourth-order valence-corrected chi connectivity index (χ4v) is 2.35. The molecule has 1 heterocycles. The monoisotopic (exact) mass is 246 g/mol. The lowest BCUT2D eigenvalue weighted by Gasteiger charge is -2.08. The van der Waals surface area contributed by atoms with Crippen LogP contribution < -0.4 is 11.1 Å². The molecule has 2 aromatic rings. The van der Waals surface area contributed by atoms with Crippen LogP contribution >= 0.6 is 11.3 Å². The number of nitrogens with one attached hydrogen (secondary N) is 1. The highest BCUT2D eigenvalue weighted by atomic mass is 32.1. The van der Waals surface area contributed by atoms with E-state index in [9.17, 15) is 4.79 Å². The van der Waals surface area contributed by atoms with Gasteiger partial charge in [0, 0.05) is 5.69 Å². The highest BCUT2D eigenvalue weighted by molar-refractivity contribution is 7.12. The number of carbonyl (C=O) groups is 1. The van der Waals surface area contributed by atoms with Crippen LogP contribution in [0, 0.1) is 0 Å². The van der Waals surface area contributed by atoms with Gasteiger partial charge < -0.3 is 11.1 Å². The van der Waals surface area contributed by atoms with E-state index in [2.05, 4.69) is 12.2 Å². The third kappa shape index (κ3) is 2.47. The van der Waals surface area contributed by atoms with Crippen molar-refractivity contribution in [3.8, 4) is 0 Å².